The van der Waals surface area contributed by atoms with Crippen molar-refractivity contribution in [2.75, 3.05) is 5.32 Å². The Morgan fingerprint density at radius 1 is 1.32 bits per heavy atom. The largest absolute Gasteiger partial charge is 0.382 e. The first-order valence-corrected chi connectivity index (χ1v) is 6.72. The summed E-state index contributed by atoms with van der Waals surface area (Å²) in [6.45, 7) is 8.73. The predicted octanol–water partition coefficient (Wildman–Crippen LogP) is 2.82. The number of rotatable bonds is 5. The highest BCUT2D eigenvalue weighted by atomic mass is 15.5. The van der Waals surface area contributed by atoms with Gasteiger partial charge in [-0.1, -0.05) is 26.8 Å². The van der Waals surface area contributed by atoms with Gasteiger partial charge >= 0.3 is 0 Å². The number of hydrogen-bond acceptors (Lipinski definition) is 4. The van der Waals surface area contributed by atoms with Gasteiger partial charge in [0.1, 0.15) is 6.33 Å². The molecule has 1 aromatic carbocycles. The van der Waals surface area contributed by atoms with Crippen LogP contribution in [-0.2, 0) is 0 Å². The molecule has 1 atom stereocenters. The summed E-state index contributed by atoms with van der Waals surface area (Å²) in [7, 11) is 0. The zero-order valence-corrected chi connectivity index (χ0v) is 12.0. The summed E-state index contributed by atoms with van der Waals surface area (Å²) >= 11 is 0. The van der Waals surface area contributed by atoms with E-state index in [1.54, 1.807) is 11.0 Å². The Balaban J connectivity index is 2.26. The highest BCUT2D eigenvalue weighted by molar-refractivity contribution is 5.55. The molecule has 19 heavy (non-hydrogen) atoms. The monoisotopic (exact) mass is 259 g/mol. The van der Waals surface area contributed by atoms with Crippen LogP contribution in [-0.4, -0.2) is 26.2 Å². The van der Waals surface area contributed by atoms with Crippen molar-refractivity contribution in [2.24, 2.45) is 5.92 Å². The molecular formula is C14H21N5. The van der Waals surface area contributed by atoms with Gasteiger partial charge in [0, 0.05) is 11.7 Å². The third kappa shape index (κ3) is 3.10. The molecule has 5 heteroatoms. The van der Waals surface area contributed by atoms with Gasteiger partial charge in [-0.05, 0) is 47.4 Å². The summed E-state index contributed by atoms with van der Waals surface area (Å²) in [4.78, 5) is 0. The van der Waals surface area contributed by atoms with Crippen molar-refractivity contribution < 1.29 is 0 Å². The Hall–Kier alpha value is -1.91. The molecular weight excluding hydrogens is 238 g/mol. The molecule has 2 aromatic rings. The van der Waals surface area contributed by atoms with E-state index in [9.17, 15) is 0 Å². The van der Waals surface area contributed by atoms with Gasteiger partial charge in [0.15, 0.2) is 0 Å². The lowest BCUT2D eigenvalue weighted by Gasteiger charge is -2.22. The first kappa shape index (κ1) is 13.5. The van der Waals surface area contributed by atoms with E-state index >= 15 is 0 Å². The maximum Gasteiger partial charge on any atom is 0.143 e. The number of tetrazole rings is 1. The molecule has 1 unspecified atom stereocenters. The van der Waals surface area contributed by atoms with Crippen LogP contribution in [0.2, 0.25) is 0 Å². The molecule has 102 valence electrons. The van der Waals surface area contributed by atoms with Crippen LogP contribution in [0.1, 0.15) is 32.8 Å². The SMILES string of the molecule is CCC(Nc1ccc(C)c(-n2cnnn2)c1)C(C)C. The van der Waals surface area contributed by atoms with Crippen LogP contribution >= 0.6 is 0 Å². The predicted molar refractivity (Wildman–Crippen MR) is 76.4 cm³/mol. The Morgan fingerprint density at radius 2 is 2.11 bits per heavy atom. The van der Waals surface area contributed by atoms with Gasteiger partial charge in [-0.3, -0.25) is 0 Å². The Bertz CT molecular complexity index is 519. The minimum atomic E-state index is 0.476. The molecule has 0 bridgehead atoms. The van der Waals surface area contributed by atoms with E-state index in [0.29, 0.717) is 12.0 Å². The van der Waals surface area contributed by atoms with Crippen molar-refractivity contribution >= 4 is 5.69 Å². The molecule has 0 aliphatic heterocycles. The van der Waals surface area contributed by atoms with Crippen molar-refractivity contribution in [2.45, 2.75) is 40.2 Å². The highest BCUT2D eigenvalue weighted by Gasteiger charge is 2.11. The van der Waals surface area contributed by atoms with E-state index in [1.165, 1.54) is 0 Å². The molecule has 0 amide bonds. The molecule has 0 fully saturated rings. The molecule has 0 aliphatic rings. The summed E-state index contributed by atoms with van der Waals surface area (Å²) in [5.41, 5.74) is 3.26. The van der Waals surface area contributed by atoms with Crippen LogP contribution in [0, 0.1) is 12.8 Å². The van der Waals surface area contributed by atoms with Gasteiger partial charge in [-0.25, -0.2) is 4.68 Å². The first-order valence-electron chi connectivity index (χ1n) is 6.72. The van der Waals surface area contributed by atoms with Crippen molar-refractivity contribution in [3.63, 3.8) is 0 Å². The summed E-state index contributed by atoms with van der Waals surface area (Å²) in [6, 6.07) is 6.77. The number of aryl methyl sites for hydroxylation is 1. The normalized spacial score (nSPS) is 12.7. The van der Waals surface area contributed by atoms with Gasteiger partial charge in [0.25, 0.3) is 0 Å². The van der Waals surface area contributed by atoms with Crippen molar-refractivity contribution in [1.82, 2.24) is 20.2 Å². The number of nitrogens with zero attached hydrogens (tertiary/aromatic N) is 4. The van der Waals surface area contributed by atoms with Gasteiger partial charge < -0.3 is 5.32 Å². The Labute approximate surface area is 114 Å². The third-order valence-electron chi connectivity index (χ3n) is 3.40. The van der Waals surface area contributed by atoms with E-state index in [2.05, 4.69) is 66.7 Å². The van der Waals surface area contributed by atoms with Crippen LogP contribution in [0.5, 0.6) is 0 Å². The zero-order valence-electron chi connectivity index (χ0n) is 12.0. The topological polar surface area (TPSA) is 55.6 Å². The number of anilines is 1. The first-order chi connectivity index (χ1) is 9.11. The fourth-order valence-corrected chi connectivity index (χ4v) is 2.17. The molecule has 5 nitrogen and oxygen atoms in total. The molecule has 1 heterocycles. The Kier molecular flexibility index (Phi) is 4.14. The van der Waals surface area contributed by atoms with Crippen LogP contribution in [0.3, 0.4) is 0 Å². The number of nitrogens with one attached hydrogen (secondary N) is 1. The summed E-state index contributed by atoms with van der Waals surface area (Å²) < 4.78 is 1.69. The number of aromatic nitrogens is 4. The molecule has 0 saturated heterocycles. The second-order valence-electron chi connectivity index (χ2n) is 5.16. The minimum absolute atomic E-state index is 0.476. The van der Waals surface area contributed by atoms with Crippen LogP contribution in [0.4, 0.5) is 5.69 Å². The number of hydrogen-bond donors (Lipinski definition) is 1. The molecule has 0 aliphatic carbocycles. The summed E-state index contributed by atoms with van der Waals surface area (Å²) in [5.74, 6) is 0.600. The lowest BCUT2D eigenvalue weighted by molar-refractivity contribution is 0.511. The van der Waals surface area contributed by atoms with Crippen LogP contribution < -0.4 is 5.32 Å². The summed E-state index contributed by atoms with van der Waals surface area (Å²) in [6.07, 6.45) is 2.72. The molecule has 1 aromatic heterocycles. The quantitative estimate of drug-likeness (QED) is 0.897. The smallest absolute Gasteiger partial charge is 0.143 e. The fourth-order valence-electron chi connectivity index (χ4n) is 2.17. The highest BCUT2D eigenvalue weighted by Crippen LogP contribution is 2.21. The van der Waals surface area contributed by atoms with Gasteiger partial charge in [0.2, 0.25) is 0 Å². The second-order valence-corrected chi connectivity index (χ2v) is 5.16. The Morgan fingerprint density at radius 3 is 2.68 bits per heavy atom. The van der Waals surface area contributed by atoms with E-state index in [-0.39, 0.29) is 0 Å². The lowest BCUT2D eigenvalue weighted by Crippen LogP contribution is -2.24. The maximum atomic E-state index is 3.95. The molecule has 2 rings (SSSR count). The molecule has 0 saturated carbocycles. The standard InChI is InChI=1S/C14H21N5/c1-5-13(10(2)3)16-12-7-6-11(4)14(8-12)19-9-15-17-18-19/h6-10,13,16H,5H2,1-4H3. The minimum Gasteiger partial charge on any atom is -0.382 e. The zero-order chi connectivity index (χ0) is 13.8. The van der Waals surface area contributed by atoms with Gasteiger partial charge in [-0.15, -0.1) is 5.10 Å². The maximum absolute atomic E-state index is 3.95. The average Bonchev–Trinajstić information content (AvgIpc) is 2.91. The van der Waals surface area contributed by atoms with E-state index in [1.807, 2.05) is 0 Å². The fraction of sp³-hybridized carbons (Fsp3) is 0.500. The van der Waals surface area contributed by atoms with E-state index < -0.39 is 0 Å². The summed E-state index contributed by atoms with van der Waals surface area (Å²) in [5, 5.41) is 14.9. The lowest BCUT2D eigenvalue weighted by atomic mass is 10.0. The second kappa shape index (κ2) is 5.82. The van der Waals surface area contributed by atoms with Gasteiger partial charge in [-0.2, -0.15) is 0 Å². The molecule has 0 radical (unpaired) electrons. The van der Waals surface area contributed by atoms with Crippen molar-refractivity contribution in [3.05, 3.63) is 30.1 Å². The van der Waals surface area contributed by atoms with Gasteiger partial charge in [0.05, 0.1) is 5.69 Å². The number of benzene rings is 1. The average molecular weight is 259 g/mol. The molecule has 0 spiro atoms. The van der Waals surface area contributed by atoms with E-state index in [4.69, 9.17) is 0 Å². The van der Waals surface area contributed by atoms with Crippen LogP contribution in [0.25, 0.3) is 5.69 Å². The third-order valence-corrected chi connectivity index (χ3v) is 3.40. The van der Waals surface area contributed by atoms with Crippen LogP contribution in [0.15, 0.2) is 24.5 Å². The van der Waals surface area contributed by atoms with E-state index in [0.717, 1.165) is 23.4 Å². The molecule has 1 N–H and O–H groups in total. The van der Waals surface area contributed by atoms with Crippen molar-refractivity contribution in [1.29, 1.82) is 0 Å². The van der Waals surface area contributed by atoms with Crippen molar-refractivity contribution in [3.8, 4) is 5.69 Å².